The fourth-order valence-electron chi connectivity index (χ4n) is 3.22. The summed E-state index contributed by atoms with van der Waals surface area (Å²) in [6.07, 6.45) is 0. The molecular weight excluding hydrogens is 352 g/mol. The molecule has 142 valence electrons. The number of benzene rings is 4. The van der Waals surface area contributed by atoms with Crippen LogP contribution < -0.4 is 4.90 Å². The summed E-state index contributed by atoms with van der Waals surface area (Å²) < 4.78 is 0. The molecule has 2 nitrogen and oxygen atoms in total. The van der Waals surface area contributed by atoms with E-state index in [1.165, 1.54) is 0 Å². The van der Waals surface area contributed by atoms with E-state index in [-0.39, 0.29) is 0 Å². The molecule has 29 heavy (non-hydrogen) atoms. The van der Waals surface area contributed by atoms with Crippen molar-refractivity contribution in [1.29, 1.82) is 5.26 Å². The molecule has 0 bridgehead atoms. The molecule has 4 aromatic rings. The van der Waals surface area contributed by atoms with Crippen LogP contribution in [0.1, 0.15) is 19.4 Å². The number of anilines is 3. The van der Waals surface area contributed by atoms with Gasteiger partial charge < -0.3 is 4.90 Å². The number of hydrogen-bond acceptors (Lipinski definition) is 2. The minimum Gasteiger partial charge on any atom is -0.311 e. The van der Waals surface area contributed by atoms with E-state index in [4.69, 9.17) is 0 Å². The maximum absolute atomic E-state index is 9.36. The van der Waals surface area contributed by atoms with Gasteiger partial charge in [0.1, 0.15) is 0 Å². The molecule has 0 atom stereocenters. The molecule has 0 N–H and O–H groups in total. The molecule has 0 aliphatic heterocycles. The summed E-state index contributed by atoms with van der Waals surface area (Å²) in [6, 6.07) is 38.9. The lowest BCUT2D eigenvalue weighted by Crippen LogP contribution is -2.09. The average molecular weight is 377 g/mol. The van der Waals surface area contributed by atoms with E-state index in [0.717, 1.165) is 28.2 Å². The van der Waals surface area contributed by atoms with E-state index < -0.39 is 0 Å². The van der Waals surface area contributed by atoms with Crippen LogP contribution in [0.4, 0.5) is 17.1 Å². The molecule has 0 amide bonds. The molecule has 2 heteroatoms. The summed E-state index contributed by atoms with van der Waals surface area (Å²) in [6.45, 7) is 4.00. The summed E-state index contributed by atoms with van der Waals surface area (Å²) in [4.78, 5) is 2.22. The van der Waals surface area contributed by atoms with Crippen molar-refractivity contribution in [3.63, 3.8) is 0 Å². The Bertz CT molecular complexity index is 1020. The van der Waals surface area contributed by atoms with Crippen LogP contribution in [-0.4, -0.2) is 0 Å². The van der Waals surface area contributed by atoms with Crippen LogP contribution in [0.2, 0.25) is 0 Å². The largest absolute Gasteiger partial charge is 0.311 e. The maximum atomic E-state index is 9.36. The molecular formula is C27H24N2. The lowest BCUT2D eigenvalue weighted by atomic mass is 10.00. The Labute approximate surface area is 173 Å². The minimum atomic E-state index is 0.688. The number of rotatable bonds is 4. The molecule has 0 spiro atoms. The van der Waals surface area contributed by atoms with E-state index in [9.17, 15) is 5.26 Å². The standard InChI is InChI=1S/C25H18N2.C2H6/c26-19-21-9-7-8-14-25(21)20-15-17-24(18-16-20)27(22-10-3-1-4-11-22)23-12-5-2-6-13-23;1-2/h1-18H;1-2H3. The molecule has 4 rings (SSSR count). The van der Waals surface area contributed by atoms with Crippen molar-refractivity contribution < 1.29 is 0 Å². The number of hydrogen-bond donors (Lipinski definition) is 0. The predicted octanol–water partition coefficient (Wildman–Crippen LogP) is 7.72. The quantitative estimate of drug-likeness (QED) is 0.364. The Hall–Kier alpha value is -3.83. The lowest BCUT2D eigenvalue weighted by molar-refractivity contribution is 1.28. The van der Waals surface area contributed by atoms with Gasteiger partial charge in [0.2, 0.25) is 0 Å². The highest BCUT2D eigenvalue weighted by Gasteiger charge is 2.12. The zero-order valence-electron chi connectivity index (χ0n) is 16.8. The van der Waals surface area contributed by atoms with Crippen LogP contribution in [0.25, 0.3) is 11.1 Å². The first-order valence-electron chi connectivity index (χ1n) is 9.86. The fourth-order valence-corrected chi connectivity index (χ4v) is 3.22. The van der Waals surface area contributed by atoms with Gasteiger partial charge in [-0.1, -0.05) is 80.6 Å². The zero-order chi connectivity index (χ0) is 20.5. The number of nitriles is 1. The first-order valence-corrected chi connectivity index (χ1v) is 9.86. The average Bonchev–Trinajstić information content (AvgIpc) is 2.82. The molecule has 0 unspecified atom stereocenters. The second-order valence-electron chi connectivity index (χ2n) is 6.21. The molecule has 0 aliphatic rings. The van der Waals surface area contributed by atoms with Crippen LogP contribution in [0, 0.1) is 11.3 Å². The SMILES string of the molecule is CC.N#Cc1ccccc1-c1ccc(N(c2ccccc2)c2ccccc2)cc1. The van der Waals surface area contributed by atoms with Crippen molar-refractivity contribution in [2.45, 2.75) is 13.8 Å². The van der Waals surface area contributed by atoms with Gasteiger partial charge >= 0.3 is 0 Å². The monoisotopic (exact) mass is 376 g/mol. The van der Waals surface area contributed by atoms with E-state index in [2.05, 4.69) is 59.5 Å². The van der Waals surface area contributed by atoms with Gasteiger partial charge in [0.25, 0.3) is 0 Å². The number of nitrogens with zero attached hydrogens (tertiary/aromatic N) is 2. The third-order valence-electron chi connectivity index (χ3n) is 4.51. The molecule has 0 fully saturated rings. The third-order valence-corrected chi connectivity index (χ3v) is 4.51. The van der Waals surface area contributed by atoms with E-state index in [1.54, 1.807) is 0 Å². The molecule has 0 saturated heterocycles. The Morgan fingerprint density at radius 3 is 1.52 bits per heavy atom. The summed E-state index contributed by atoms with van der Waals surface area (Å²) in [5.41, 5.74) is 5.97. The lowest BCUT2D eigenvalue weighted by Gasteiger charge is -2.25. The normalized spacial score (nSPS) is 9.69. The predicted molar refractivity (Wildman–Crippen MR) is 123 cm³/mol. The highest BCUT2D eigenvalue weighted by molar-refractivity contribution is 5.79. The highest BCUT2D eigenvalue weighted by Crippen LogP contribution is 2.35. The maximum Gasteiger partial charge on any atom is 0.0998 e. The Morgan fingerprint density at radius 1 is 0.552 bits per heavy atom. The second-order valence-corrected chi connectivity index (χ2v) is 6.21. The van der Waals surface area contributed by atoms with Gasteiger partial charge in [0, 0.05) is 17.1 Å². The van der Waals surface area contributed by atoms with Crippen molar-refractivity contribution in [2.24, 2.45) is 0 Å². The molecule has 0 aliphatic carbocycles. The molecule has 0 aromatic heterocycles. The van der Waals surface area contributed by atoms with Gasteiger partial charge in [-0.25, -0.2) is 0 Å². The van der Waals surface area contributed by atoms with E-state index in [0.29, 0.717) is 5.56 Å². The summed E-state index contributed by atoms with van der Waals surface area (Å²) >= 11 is 0. The first-order chi connectivity index (χ1) is 14.4. The Kier molecular flexibility index (Phi) is 6.81. The van der Waals surface area contributed by atoms with Crippen LogP contribution in [-0.2, 0) is 0 Å². The topological polar surface area (TPSA) is 27.0 Å². The molecule has 4 aromatic carbocycles. The van der Waals surface area contributed by atoms with Crippen molar-refractivity contribution >= 4 is 17.1 Å². The molecule has 0 heterocycles. The second kappa shape index (κ2) is 9.92. The van der Waals surface area contributed by atoms with Gasteiger partial charge in [-0.15, -0.1) is 0 Å². The minimum absolute atomic E-state index is 0.688. The fraction of sp³-hybridized carbons (Fsp3) is 0.0741. The summed E-state index contributed by atoms with van der Waals surface area (Å²) in [5, 5.41) is 9.36. The van der Waals surface area contributed by atoms with Gasteiger partial charge in [-0.2, -0.15) is 5.26 Å². The Balaban J connectivity index is 0.00000117. The van der Waals surface area contributed by atoms with Crippen LogP contribution in [0.3, 0.4) is 0 Å². The van der Waals surface area contributed by atoms with E-state index >= 15 is 0 Å². The van der Waals surface area contributed by atoms with E-state index in [1.807, 2.05) is 74.5 Å². The van der Waals surface area contributed by atoms with Crippen molar-refractivity contribution in [3.05, 3.63) is 115 Å². The van der Waals surface area contributed by atoms with Gasteiger partial charge in [0.05, 0.1) is 11.6 Å². The zero-order valence-corrected chi connectivity index (χ0v) is 16.8. The molecule has 0 radical (unpaired) electrons. The van der Waals surface area contributed by atoms with Gasteiger partial charge in [0.15, 0.2) is 0 Å². The van der Waals surface area contributed by atoms with Crippen molar-refractivity contribution in [3.8, 4) is 17.2 Å². The van der Waals surface area contributed by atoms with Crippen LogP contribution >= 0.6 is 0 Å². The highest BCUT2D eigenvalue weighted by atomic mass is 15.1. The summed E-state index contributed by atoms with van der Waals surface area (Å²) in [7, 11) is 0. The summed E-state index contributed by atoms with van der Waals surface area (Å²) in [5.74, 6) is 0. The third kappa shape index (κ3) is 4.54. The number of para-hydroxylation sites is 2. The van der Waals surface area contributed by atoms with Crippen LogP contribution in [0.5, 0.6) is 0 Å². The van der Waals surface area contributed by atoms with Gasteiger partial charge in [-0.05, 0) is 53.6 Å². The van der Waals surface area contributed by atoms with Crippen molar-refractivity contribution in [1.82, 2.24) is 0 Å². The smallest absolute Gasteiger partial charge is 0.0998 e. The van der Waals surface area contributed by atoms with Crippen LogP contribution in [0.15, 0.2) is 109 Å². The van der Waals surface area contributed by atoms with Crippen molar-refractivity contribution in [2.75, 3.05) is 4.90 Å². The molecule has 0 saturated carbocycles. The first kappa shape index (κ1) is 19.9. The van der Waals surface area contributed by atoms with Gasteiger partial charge in [-0.3, -0.25) is 0 Å². The Morgan fingerprint density at radius 2 is 1.00 bits per heavy atom.